The Morgan fingerprint density at radius 1 is 0.829 bits per heavy atom. The second kappa shape index (κ2) is 9.56. The zero-order valence-electron chi connectivity index (χ0n) is 17.4. The van der Waals surface area contributed by atoms with Crippen molar-refractivity contribution < 1.29 is 27.4 Å². The molecule has 35 heavy (non-hydrogen) atoms. The van der Waals surface area contributed by atoms with Crippen molar-refractivity contribution in [2.75, 3.05) is 0 Å². The maximum absolute atomic E-state index is 11.4. The van der Waals surface area contributed by atoms with Crippen LogP contribution in [0.4, 0.5) is 11.4 Å². The Bertz CT molecular complexity index is 1480. The maximum atomic E-state index is 11.4. The van der Waals surface area contributed by atoms with Crippen LogP contribution in [0.2, 0.25) is 0 Å². The van der Waals surface area contributed by atoms with Crippen LogP contribution in [-0.4, -0.2) is 27.4 Å². The highest BCUT2D eigenvalue weighted by Gasteiger charge is 2.36. The monoisotopic (exact) mass is 530 g/mol. The Morgan fingerprint density at radius 3 is 1.77 bits per heavy atom. The van der Waals surface area contributed by atoms with Crippen molar-refractivity contribution in [2.45, 2.75) is 5.92 Å². The van der Waals surface area contributed by atoms with Gasteiger partial charge in [0.1, 0.15) is 0 Å². The van der Waals surface area contributed by atoms with Crippen LogP contribution >= 0.6 is 20.7 Å². The molecule has 0 atom stereocenters. The van der Waals surface area contributed by atoms with Gasteiger partial charge in [-0.05, 0) is 46.5 Å². The first kappa shape index (κ1) is 24.5. The summed E-state index contributed by atoms with van der Waals surface area (Å²) >= 11 is 0. The van der Waals surface area contributed by atoms with E-state index in [2.05, 4.69) is 6.07 Å². The number of hydrogen-bond donors (Lipinski definition) is 1. The van der Waals surface area contributed by atoms with Crippen LogP contribution in [0.1, 0.15) is 21.9 Å². The second-order valence-corrected chi connectivity index (χ2v) is 10.5. The molecule has 178 valence electrons. The standard InChI is InChI=1S/C22H13N2O4S2.H2O4S/c25-23(26)14-6-8-16-17-9-7-15(24(27)28)11-19(17)22(18(16)10-14)21-12-20(29-30-21)13-4-2-1-3-5-13;1-5(2,3)4/h1-12,22H;(H2,1,2,3,4)/q+1;/p-1. The van der Waals surface area contributed by atoms with Gasteiger partial charge in [-0.25, -0.2) is 8.42 Å². The Morgan fingerprint density at radius 2 is 1.31 bits per heavy atom. The summed E-state index contributed by atoms with van der Waals surface area (Å²) in [5.74, 6) is -0.270. The summed E-state index contributed by atoms with van der Waals surface area (Å²) in [6.07, 6.45) is 0. The fourth-order valence-corrected chi connectivity index (χ4v) is 6.51. The molecule has 0 radical (unpaired) electrons. The number of nitro groups is 2. The van der Waals surface area contributed by atoms with Gasteiger partial charge in [0, 0.05) is 35.9 Å². The third kappa shape index (κ3) is 5.39. The van der Waals surface area contributed by atoms with Gasteiger partial charge in [-0.15, -0.1) is 0 Å². The van der Waals surface area contributed by atoms with E-state index < -0.39 is 20.2 Å². The van der Waals surface area contributed by atoms with Gasteiger partial charge in [0.2, 0.25) is 10.4 Å². The summed E-state index contributed by atoms with van der Waals surface area (Å²) in [7, 11) is -1.68. The first-order valence-electron chi connectivity index (χ1n) is 9.77. The molecule has 0 bridgehead atoms. The predicted octanol–water partition coefficient (Wildman–Crippen LogP) is 5.74. The highest BCUT2D eigenvalue weighted by Crippen LogP contribution is 2.52. The SMILES string of the molecule is O=S(=O)([O-])O.O=[N+]([O-])c1ccc2c(c1)C(c1cc(-c3ccccc3)[s+]s1)c1cc([N+](=O)[O-])ccc1-2. The van der Waals surface area contributed by atoms with Crippen molar-refractivity contribution >= 4 is 42.5 Å². The lowest BCUT2D eigenvalue weighted by molar-refractivity contribution is -0.385. The Hall–Kier alpha value is -3.62. The average molecular weight is 531 g/mol. The van der Waals surface area contributed by atoms with E-state index in [0.717, 1.165) is 37.6 Å². The largest absolute Gasteiger partial charge is 0.726 e. The van der Waals surface area contributed by atoms with E-state index in [0.29, 0.717) is 0 Å². The van der Waals surface area contributed by atoms with Gasteiger partial charge in [-0.1, -0.05) is 18.2 Å². The highest BCUT2D eigenvalue weighted by molar-refractivity contribution is 7.79. The number of fused-ring (bicyclic) bond motifs is 3. The second-order valence-electron chi connectivity index (χ2n) is 7.36. The molecule has 10 nitrogen and oxygen atoms in total. The van der Waals surface area contributed by atoms with Crippen LogP contribution in [0.5, 0.6) is 0 Å². The van der Waals surface area contributed by atoms with Crippen molar-refractivity contribution in [1.82, 2.24) is 0 Å². The molecule has 0 saturated carbocycles. The fourth-order valence-electron chi connectivity index (χ4n) is 3.91. The molecule has 0 amide bonds. The first-order valence-corrected chi connectivity index (χ1v) is 13.3. The molecule has 1 aliphatic rings. The van der Waals surface area contributed by atoms with Gasteiger partial charge >= 0.3 is 10.3 Å². The smallest absolute Gasteiger partial charge is 0.300 e. The van der Waals surface area contributed by atoms with E-state index in [1.54, 1.807) is 44.9 Å². The van der Waals surface area contributed by atoms with E-state index in [1.807, 2.05) is 30.3 Å². The third-order valence-corrected chi connectivity index (χ3v) is 7.78. The minimum atomic E-state index is -4.92. The van der Waals surface area contributed by atoms with Crippen molar-refractivity contribution in [3.8, 4) is 21.6 Å². The molecule has 1 aromatic heterocycles. The summed E-state index contributed by atoms with van der Waals surface area (Å²) in [4.78, 5) is 24.0. The minimum Gasteiger partial charge on any atom is -0.726 e. The van der Waals surface area contributed by atoms with E-state index in [1.165, 1.54) is 12.1 Å². The number of nitro benzene ring substituents is 2. The van der Waals surface area contributed by atoms with Crippen LogP contribution in [-0.2, 0) is 10.4 Å². The normalized spacial score (nSPS) is 12.3. The van der Waals surface area contributed by atoms with Gasteiger partial charge < -0.3 is 4.55 Å². The number of non-ortho nitro benzene ring substituents is 2. The Balaban J connectivity index is 0.000000527. The van der Waals surface area contributed by atoms with E-state index in [9.17, 15) is 20.2 Å². The molecule has 1 heterocycles. The van der Waals surface area contributed by atoms with E-state index >= 15 is 0 Å². The van der Waals surface area contributed by atoms with Crippen LogP contribution in [0.25, 0.3) is 21.6 Å². The number of nitrogens with zero attached hydrogens (tertiary/aromatic N) is 2. The molecule has 13 heteroatoms. The van der Waals surface area contributed by atoms with Crippen LogP contribution in [0.15, 0.2) is 72.8 Å². The molecular weight excluding hydrogens is 516 g/mol. The van der Waals surface area contributed by atoms with Crippen LogP contribution in [0, 0.1) is 20.2 Å². The summed E-state index contributed by atoms with van der Waals surface area (Å²) < 4.78 is 32.8. The molecule has 0 aliphatic heterocycles. The molecule has 0 saturated heterocycles. The lowest BCUT2D eigenvalue weighted by atomic mass is 9.94. The molecule has 0 spiro atoms. The maximum Gasteiger partial charge on any atom is 0.300 e. The van der Waals surface area contributed by atoms with Crippen molar-refractivity contribution in [3.05, 3.63) is 109 Å². The average Bonchev–Trinajstić information content (AvgIpc) is 3.40. The van der Waals surface area contributed by atoms with Gasteiger partial charge in [0.25, 0.3) is 16.3 Å². The summed E-state index contributed by atoms with van der Waals surface area (Å²) in [6.45, 7) is 0. The molecule has 1 N–H and O–H groups in total. The van der Waals surface area contributed by atoms with Crippen molar-refractivity contribution in [1.29, 1.82) is 0 Å². The zero-order valence-corrected chi connectivity index (χ0v) is 19.9. The third-order valence-electron chi connectivity index (χ3n) is 5.25. The fraction of sp³-hybridized carbons (Fsp3) is 0.0455. The summed E-state index contributed by atoms with van der Waals surface area (Å²) in [5.41, 5.74) is 4.53. The molecule has 0 unspecified atom stereocenters. The number of hydrogen-bond acceptors (Lipinski definition) is 8. The molecule has 5 rings (SSSR count). The lowest BCUT2D eigenvalue weighted by Gasteiger charge is -2.09. The molecule has 3 aromatic carbocycles. The zero-order chi connectivity index (χ0) is 25.3. The van der Waals surface area contributed by atoms with Crippen molar-refractivity contribution in [3.63, 3.8) is 0 Å². The lowest BCUT2D eigenvalue weighted by Crippen LogP contribution is -1.99. The van der Waals surface area contributed by atoms with Gasteiger partial charge in [0.05, 0.1) is 20.6 Å². The van der Waals surface area contributed by atoms with Crippen molar-refractivity contribution in [2.24, 2.45) is 0 Å². The number of benzene rings is 3. The van der Waals surface area contributed by atoms with Crippen LogP contribution in [0.3, 0.4) is 0 Å². The van der Waals surface area contributed by atoms with Gasteiger partial charge in [-0.3, -0.25) is 24.8 Å². The van der Waals surface area contributed by atoms with E-state index in [4.69, 9.17) is 17.5 Å². The first-order chi connectivity index (χ1) is 16.5. The predicted molar refractivity (Wildman–Crippen MR) is 130 cm³/mol. The van der Waals surface area contributed by atoms with Gasteiger partial charge in [-0.2, -0.15) is 0 Å². The minimum absolute atomic E-state index is 0.0181. The number of rotatable bonds is 4. The highest BCUT2D eigenvalue weighted by atomic mass is 32.9. The van der Waals surface area contributed by atoms with Gasteiger partial charge in [0.15, 0.2) is 10.3 Å². The molecule has 0 fully saturated rings. The molecule has 4 aromatic rings. The van der Waals surface area contributed by atoms with Crippen LogP contribution < -0.4 is 0 Å². The Kier molecular flexibility index (Phi) is 6.69. The molecular formula is C22H14N2O8S3. The summed E-state index contributed by atoms with van der Waals surface area (Å²) in [6, 6.07) is 21.7. The quantitative estimate of drug-likeness (QED) is 0.0767. The van der Waals surface area contributed by atoms with E-state index in [-0.39, 0.29) is 17.3 Å². The summed E-state index contributed by atoms with van der Waals surface area (Å²) in [5, 5.41) is 22.7. The topological polar surface area (TPSA) is 164 Å². The Labute approximate surface area is 206 Å². The molecule has 1 aliphatic carbocycles.